The van der Waals surface area contributed by atoms with Gasteiger partial charge in [0.25, 0.3) is 0 Å². The summed E-state index contributed by atoms with van der Waals surface area (Å²) in [5.41, 5.74) is 1.27. The molecule has 2 amide bonds. The third-order valence-electron chi connectivity index (χ3n) is 4.83. The first-order valence-corrected chi connectivity index (χ1v) is 8.68. The molecule has 0 unspecified atom stereocenters. The van der Waals surface area contributed by atoms with Crippen molar-refractivity contribution in [2.24, 2.45) is 5.92 Å². The average Bonchev–Trinajstić information content (AvgIpc) is 2.54. The summed E-state index contributed by atoms with van der Waals surface area (Å²) in [5.74, 6) is -0.347. The summed E-state index contributed by atoms with van der Waals surface area (Å²) in [6, 6.07) is 4.74. The fourth-order valence-electron chi connectivity index (χ4n) is 3.60. The van der Waals surface area contributed by atoms with E-state index in [1.54, 1.807) is 19.1 Å². The van der Waals surface area contributed by atoms with Crippen LogP contribution in [-0.2, 0) is 9.53 Å². The number of esters is 1. The Kier molecular flexibility index (Phi) is 5.06. The summed E-state index contributed by atoms with van der Waals surface area (Å²) >= 11 is 0. The lowest BCUT2D eigenvalue weighted by atomic mass is 9.88. The zero-order chi connectivity index (χ0) is 18.0. The predicted molar refractivity (Wildman–Crippen MR) is 91.0 cm³/mol. The van der Waals surface area contributed by atoms with E-state index in [4.69, 9.17) is 4.74 Å². The molecule has 1 heterocycles. The van der Waals surface area contributed by atoms with E-state index in [0.29, 0.717) is 22.8 Å². The topological polar surface area (TPSA) is 67.4 Å². The molecule has 1 aromatic rings. The number of ether oxygens (including phenoxy) is 1. The summed E-state index contributed by atoms with van der Waals surface area (Å²) in [5, 5.41) is 5.30. The van der Waals surface area contributed by atoms with Crippen LogP contribution in [0.3, 0.4) is 0 Å². The summed E-state index contributed by atoms with van der Waals surface area (Å²) in [6.45, 7) is 3.81. The maximum atomic E-state index is 13.6. The van der Waals surface area contributed by atoms with Gasteiger partial charge < -0.3 is 15.4 Å². The van der Waals surface area contributed by atoms with Gasteiger partial charge in [-0.3, -0.25) is 0 Å². The second-order valence-corrected chi connectivity index (χ2v) is 6.92. The van der Waals surface area contributed by atoms with Gasteiger partial charge in [-0.1, -0.05) is 25.5 Å². The van der Waals surface area contributed by atoms with Crippen molar-refractivity contribution in [3.05, 3.63) is 46.9 Å². The van der Waals surface area contributed by atoms with Crippen LogP contribution in [0.15, 0.2) is 35.5 Å². The SMILES string of the molecule is CC1=C(C(=O)O[C@H]2CCC[C@@H](C)C2)[C@@H](c2cccc(F)c2)NC(=O)N1. The van der Waals surface area contributed by atoms with Gasteiger partial charge in [0.05, 0.1) is 11.6 Å². The monoisotopic (exact) mass is 346 g/mol. The van der Waals surface area contributed by atoms with E-state index in [2.05, 4.69) is 17.6 Å². The summed E-state index contributed by atoms with van der Waals surface area (Å²) < 4.78 is 19.3. The Morgan fingerprint density at radius 3 is 2.84 bits per heavy atom. The molecule has 1 aliphatic carbocycles. The Balaban J connectivity index is 1.85. The van der Waals surface area contributed by atoms with Gasteiger partial charge in [0, 0.05) is 5.70 Å². The van der Waals surface area contributed by atoms with Gasteiger partial charge in [-0.15, -0.1) is 0 Å². The van der Waals surface area contributed by atoms with Crippen molar-refractivity contribution in [3.8, 4) is 0 Å². The Morgan fingerprint density at radius 2 is 2.12 bits per heavy atom. The average molecular weight is 346 g/mol. The highest BCUT2D eigenvalue weighted by atomic mass is 19.1. The molecule has 5 nitrogen and oxygen atoms in total. The summed E-state index contributed by atoms with van der Waals surface area (Å²) in [4.78, 5) is 24.6. The number of hydrogen-bond donors (Lipinski definition) is 2. The minimum atomic E-state index is -0.724. The minimum absolute atomic E-state index is 0.109. The van der Waals surface area contributed by atoms with Crippen molar-refractivity contribution in [1.82, 2.24) is 10.6 Å². The number of rotatable bonds is 3. The lowest BCUT2D eigenvalue weighted by molar-refractivity contribution is -0.146. The summed E-state index contributed by atoms with van der Waals surface area (Å²) in [6.07, 6.45) is 3.79. The predicted octanol–water partition coefficient (Wildman–Crippen LogP) is 3.58. The zero-order valence-electron chi connectivity index (χ0n) is 14.5. The molecule has 1 aliphatic heterocycles. The van der Waals surface area contributed by atoms with Crippen molar-refractivity contribution in [2.75, 3.05) is 0 Å². The second-order valence-electron chi connectivity index (χ2n) is 6.92. The van der Waals surface area contributed by atoms with Crippen molar-refractivity contribution in [3.63, 3.8) is 0 Å². The van der Waals surface area contributed by atoms with Crippen LogP contribution in [0.5, 0.6) is 0 Å². The Morgan fingerprint density at radius 1 is 1.32 bits per heavy atom. The van der Waals surface area contributed by atoms with Crippen molar-refractivity contribution in [1.29, 1.82) is 0 Å². The second kappa shape index (κ2) is 7.25. The largest absolute Gasteiger partial charge is 0.459 e. The lowest BCUT2D eigenvalue weighted by Crippen LogP contribution is -2.45. The Bertz CT molecular complexity index is 716. The van der Waals surface area contributed by atoms with Crippen LogP contribution in [-0.4, -0.2) is 18.1 Å². The lowest BCUT2D eigenvalue weighted by Gasteiger charge is -2.31. The fourth-order valence-corrected chi connectivity index (χ4v) is 3.60. The molecule has 0 bridgehead atoms. The standard InChI is InChI=1S/C19H23FN2O3/c1-11-5-3-8-15(9-11)25-18(23)16-12(2)21-19(24)22-17(16)13-6-4-7-14(20)10-13/h4,6-7,10-11,15,17H,3,5,8-9H2,1-2H3,(H2,21,22,24)/t11-,15+,17-/m1/s1. The molecule has 1 saturated carbocycles. The van der Waals surface area contributed by atoms with Gasteiger partial charge in [-0.2, -0.15) is 0 Å². The molecule has 3 atom stereocenters. The number of allylic oxidation sites excluding steroid dienone is 1. The molecule has 25 heavy (non-hydrogen) atoms. The van der Waals surface area contributed by atoms with Crippen molar-refractivity contribution in [2.45, 2.75) is 51.7 Å². The van der Waals surface area contributed by atoms with E-state index in [9.17, 15) is 14.0 Å². The van der Waals surface area contributed by atoms with Crippen molar-refractivity contribution >= 4 is 12.0 Å². The Labute approximate surface area is 146 Å². The van der Waals surface area contributed by atoms with E-state index in [0.717, 1.165) is 25.7 Å². The van der Waals surface area contributed by atoms with E-state index >= 15 is 0 Å². The van der Waals surface area contributed by atoms with Crippen LogP contribution in [0.2, 0.25) is 0 Å². The molecular formula is C19H23FN2O3. The van der Waals surface area contributed by atoms with Gasteiger partial charge >= 0.3 is 12.0 Å². The van der Waals surface area contributed by atoms with Gasteiger partial charge in [-0.05, 0) is 49.8 Å². The smallest absolute Gasteiger partial charge is 0.338 e. The number of halogens is 1. The number of nitrogens with one attached hydrogen (secondary N) is 2. The fraction of sp³-hybridized carbons (Fsp3) is 0.474. The van der Waals surface area contributed by atoms with Crippen LogP contribution in [0.1, 0.15) is 51.1 Å². The number of carbonyl (C=O) groups is 2. The molecule has 2 aliphatic rings. The molecule has 0 radical (unpaired) electrons. The highest BCUT2D eigenvalue weighted by Gasteiger charge is 2.34. The van der Waals surface area contributed by atoms with Crippen LogP contribution < -0.4 is 10.6 Å². The Hall–Kier alpha value is -2.37. The molecule has 1 fully saturated rings. The molecule has 0 saturated heterocycles. The van der Waals surface area contributed by atoms with Gasteiger partial charge in [0.2, 0.25) is 0 Å². The minimum Gasteiger partial charge on any atom is -0.459 e. The van der Waals surface area contributed by atoms with E-state index in [-0.39, 0.29) is 6.10 Å². The van der Waals surface area contributed by atoms with E-state index in [1.165, 1.54) is 12.1 Å². The number of urea groups is 1. The number of hydrogen-bond acceptors (Lipinski definition) is 3. The molecule has 0 spiro atoms. The van der Waals surface area contributed by atoms with Crippen LogP contribution in [0.25, 0.3) is 0 Å². The molecule has 6 heteroatoms. The van der Waals surface area contributed by atoms with Gasteiger partial charge in [-0.25, -0.2) is 14.0 Å². The molecule has 1 aromatic carbocycles. The van der Waals surface area contributed by atoms with Gasteiger partial charge in [0.1, 0.15) is 11.9 Å². The highest BCUT2D eigenvalue weighted by Crippen LogP contribution is 2.31. The van der Waals surface area contributed by atoms with Crippen LogP contribution >= 0.6 is 0 Å². The first kappa shape index (κ1) is 17.5. The number of amides is 2. The maximum Gasteiger partial charge on any atom is 0.338 e. The third kappa shape index (κ3) is 4.00. The molecular weight excluding hydrogens is 323 g/mol. The zero-order valence-corrected chi connectivity index (χ0v) is 14.5. The summed E-state index contributed by atoms with van der Waals surface area (Å²) in [7, 11) is 0. The quantitative estimate of drug-likeness (QED) is 0.822. The van der Waals surface area contributed by atoms with Crippen LogP contribution in [0, 0.1) is 11.7 Å². The third-order valence-corrected chi connectivity index (χ3v) is 4.83. The normalized spacial score (nSPS) is 26.7. The molecule has 0 aromatic heterocycles. The molecule has 2 N–H and O–H groups in total. The number of carbonyl (C=O) groups excluding carboxylic acids is 2. The first-order valence-electron chi connectivity index (χ1n) is 8.68. The molecule has 3 rings (SSSR count). The molecule has 134 valence electrons. The van der Waals surface area contributed by atoms with Crippen LogP contribution in [0.4, 0.5) is 9.18 Å². The van der Waals surface area contributed by atoms with E-state index < -0.39 is 23.9 Å². The van der Waals surface area contributed by atoms with E-state index in [1.807, 2.05) is 0 Å². The first-order chi connectivity index (χ1) is 11.9. The highest BCUT2D eigenvalue weighted by molar-refractivity contribution is 5.95. The van der Waals surface area contributed by atoms with Gasteiger partial charge in [0.15, 0.2) is 0 Å². The van der Waals surface area contributed by atoms with Crippen molar-refractivity contribution < 1.29 is 18.7 Å². The maximum absolute atomic E-state index is 13.6. The number of benzene rings is 1.